The van der Waals surface area contributed by atoms with E-state index in [2.05, 4.69) is 36.0 Å². The molecule has 160 valence electrons. The fourth-order valence-corrected chi connectivity index (χ4v) is 4.95. The fraction of sp³-hybridized carbons (Fsp3) is 0.500. The van der Waals surface area contributed by atoms with Crippen LogP contribution in [0.2, 0.25) is 0 Å². The van der Waals surface area contributed by atoms with Crippen LogP contribution in [0.15, 0.2) is 47.1 Å². The Labute approximate surface area is 188 Å². The first-order valence-electron chi connectivity index (χ1n) is 11.2. The quantitative estimate of drug-likeness (QED) is 0.630. The molecule has 0 aliphatic carbocycles. The van der Waals surface area contributed by atoms with Crippen LogP contribution in [-0.2, 0) is 0 Å². The number of halogens is 1. The van der Waals surface area contributed by atoms with Gasteiger partial charge in [-0.1, -0.05) is 28.4 Å². The van der Waals surface area contributed by atoms with Gasteiger partial charge in [-0.05, 0) is 88.0 Å². The maximum atomic E-state index is 12.7. The highest BCUT2D eigenvalue weighted by Crippen LogP contribution is 2.29. The van der Waals surface area contributed by atoms with E-state index in [0.29, 0.717) is 5.56 Å². The number of hydrogen-bond donors (Lipinski definition) is 1. The smallest absolute Gasteiger partial charge is 0.255 e. The van der Waals surface area contributed by atoms with Crippen molar-refractivity contribution >= 4 is 33.3 Å². The summed E-state index contributed by atoms with van der Waals surface area (Å²) < 4.78 is 0.896. The van der Waals surface area contributed by atoms with E-state index in [1.807, 2.05) is 42.6 Å². The normalized spacial score (nSPS) is 18.4. The van der Waals surface area contributed by atoms with Crippen molar-refractivity contribution < 1.29 is 4.79 Å². The number of nitrogens with zero attached hydrogens (tertiary/aromatic N) is 3. The van der Waals surface area contributed by atoms with Gasteiger partial charge >= 0.3 is 0 Å². The zero-order valence-corrected chi connectivity index (χ0v) is 19.1. The molecule has 3 heterocycles. The average Bonchev–Trinajstić information content (AvgIpc) is 2.79. The van der Waals surface area contributed by atoms with Gasteiger partial charge < -0.3 is 15.1 Å². The lowest BCUT2D eigenvalue weighted by Crippen LogP contribution is -2.37. The lowest BCUT2D eigenvalue weighted by atomic mass is 9.93. The molecular formula is C24H31BrN4O. The van der Waals surface area contributed by atoms with Gasteiger partial charge in [0.25, 0.3) is 5.91 Å². The molecule has 4 rings (SSSR count). The summed E-state index contributed by atoms with van der Waals surface area (Å²) in [5, 5.41) is 3.06. The van der Waals surface area contributed by atoms with Gasteiger partial charge in [-0.2, -0.15) is 0 Å². The molecule has 0 atom stereocenters. The van der Waals surface area contributed by atoms with Crippen LogP contribution < -0.4 is 10.2 Å². The van der Waals surface area contributed by atoms with Crippen molar-refractivity contribution in [2.45, 2.75) is 38.5 Å². The van der Waals surface area contributed by atoms with Gasteiger partial charge in [-0.3, -0.25) is 4.79 Å². The zero-order chi connectivity index (χ0) is 20.8. The second-order valence-electron chi connectivity index (χ2n) is 8.46. The molecule has 5 nitrogen and oxygen atoms in total. The van der Waals surface area contributed by atoms with Crippen molar-refractivity contribution in [2.24, 2.45) is 5.92 Å². The summed E-state index contributed by atoms with van der Waals surface area (Å²) in [5.41, 5.74) is 1.42. The number of benzene rings is 1. The number of hydrogen-bond acceptors (Lipinski definition) is 4. The van der Waals surface area contributed by atoms with Gasteiger partial charge in [0, 0.05) is 29.3 Å². The molecule has 2 aliphatic heterocycles. The lowest BCUT2D eigenvalue weighted by molar-refractivity contribution is 0.102. The summed E-state index contributed by atoms with van der Waals surface area (Å²) in [4.78, 5) is 22.3. The van der Waals surface area contributed by atoms with Crippen molar-refractivity contribution in [1.82, 2.24) is 9.88 Å². The third-order valence-corrected chi connectivity index (χ3v) is 6.83. The second kappa shape index (κ2) is 10.4. The molecule has 1 N–H and O–H groups in total. The van der Waals surface area contributed by atoms with E-state index < -0.39 is 0 Å². The second-order valence-corrected chi connectivity index (χ2v) is 9.38. The van der Waals surface area contributed by atoms with Gasteiger partial charge in [-0.25, -0.2) is 4.98 Å². The number of pyridine rings is 1. The van der Waals surface area contributed by atoms with E-state index in [9.17, 15) is 4.79 Å². The van der Waals surface area contributed by atoms with E-state index >= 15 is 0 Å². The summed E-state index contributed by atoms with van der Waals surface area (Å²) in [5.74, 6) is 1.57. The number of piperidine rings is 2. The van der Waals surface area contributed by atoms with Crippen LogP contribution in [0.4, 0.5) is 11.5 Å². The maximum absolute atomic E-state index is 12.7. The van der Waals surface area contributed by atoms with Crippen LogP contribution in [0, 0.1) is 5.92 Å². The van der Waals surface area contributed by atoms with E-state index in [1.165, 1.54) is 58.2 Å². The number of carbonyl (C=O) groups excluding carboxylic acids is 1. The predicted molar refractivity (Wildman–Crippen MR) is 126 cm³/mol. The number of nitrogens with one attached hydrogen (secondary N) is 1. The lowest BCUT2D eigenvalue weighted by Gasteiger charge is -2.35. The number of amides is 1. The van der Waals surface area contributed by atoms with Crippen LogP contribution in [0.1, 0.15) is 48.9 Å². The predicted octanol–water partition coefficient (Wildman–Crippen LogP) is 5.19. The fourth-order valence-electron chi connectivity index (χ4n) is 4.55. The average molecular weight is 471 g/mol. The molecule has 0 unspecified atom stereocenters. The van der Waals surface area contributed by atoms with Crippen LogP contribution in [0.3, 0.4) is 0 Å². The van der Waals surface area contributed by atoms with Crippen LogP contribution in [-0.4, -0.2) is 48.5 Å². The van der Waals surface area contributed by atoms with Crippen molar-refractivity contribution in [3.8, 4) is 0 Å². The van der Waals surface area contributed by atoms with Crippen molar-refractivity contribution in [1.29, 1.82) is 0 Å². The highest BCUT2D eigenvalue weighted by atomic mass is 79.9. The maximum Gasteiger partial charge on any atom is 0.255 e. The Kier molecular flexibility index (Phi) is 7.39. The third-order valence-electron chi connectivity index (χ3n) is 6.34. The van der Waals surface area contributed by atoms with Gasteiger partial charge in [0.15, 0.2) is 5.82 Å². The molecule has 1 aromatic carbocycles. The van der Waals surface area contributed by atoms with Gasteiger partial charge in [0.1, 0.15) is 0 Å². The topological polar surface area (TPSA) is 48.5 Å². The van der Waals surface area contributed by atoms with E-state index in [1.54, 1.807) is 0 Å². The third kappa shape index (κ3) is 5.61. The highest BCUT2D eigenvalue weighted by Gasteiger charge is 2.23. The number of likely N-dealkylation sites (tertiary alicyclic amines) is 1. The molecule has 1 amide bonds. The first-order valence-corrected chi connectivity index (χ1v) is 12.0. The molecule has 6 heteroatoms. The van der Waals surface area contributed by atoms with Gasteiger partial charge in [0.05, 0.1) is 5.69 Å². The highest BCUT2D eigenvalue weighted by molar-refractivity contribution is 9.10. The molecule has 0 spiro atoms. The molecule has 1 aromatic heterocycles. The van der Waals surface area contributed by atoms with Crippen LogP contribution >= 0.6 is 15.9 Å². The summed E-state index contributed by atoms with van der Waals surface area (Å²) in [6, 6.07) is 11.3. The number of anilines is 2. The van der Waals surface area contributed by atoms with Crippen LogP contribution in [0.5, 0.6) is 0 Å². The molecule has 0 radical (unpaired) electrons. The SMILES string of the molecule is O=C(Nc1cccnc1N1CCC(CCN2CCCCC2)CC1)c1cccc(Br)c1. The molecular weight excluding hydrogens is 440 g/mol. The first-order chi connectivity index (χ1) is 14.7. The van der Waals surface area contributed by atoms with E-state index in [-0.39, 0.29) is 5.91 Å². The van der Waals surface area contributed by atoms with E-state index in [4.69, 9.17) is 0 Å². The Morgan fingerprint density at radius 1 is 1.07 bits per heavy atom. The largest absolute Gasteiger partial charge is 0.355 e. The van der Waals surface area contributed by atoms with Crippen LogP contribution in [0.25, 0.3) is 0 Å². The Morgan fingerprint density at radius 2 is 1.87 bits per heavy atom. The summed E-state index contributed by atoms with van der Waals surface area (Å²) in [7, 11) is 0. The molecule has 2 aliphatic rings. The standard InChI is InChI=1S/C24H31BrN4O/c25-21-7-4-6-20(18-21)24(30)27-22-8-5-12-26-23(22)29-16-10-19(11-17-29)9-15-28-13-2-1-3-14-28/h4-8,12,18-19H,1-3,9-11,13-17H2,(H,27,30). The summed E-state index contributed by atoms with van der Waals surface area (Å²) in [6.07, 6.45) is 9.65. The van der Waals surface area contributed by atoms with Crippen molar-refractivity contribution in [3.05, 3.63) is 52.6 Å². The Morgan fingerprint density at radius 3 is 2.63 bits per heavy atom. The molecule has 2 fully saturated rings. The van der Waals surface area contributed by atoms with Crippen molar-refractivity contribution in [2.75, 3.05) is 42.9 Å². The van der Waals surface area contributed by atoms with Gasteiger partial charge in [0.2, 0.25) is 0 Å². The minimum atomic E-state index is -0.109. The molecule has 0 bridgehead atoms. The monoisotopic (exact) mass is 470 g/mol. The summed E-state index contributed by atoms with van der Waals surface area (Å²) in [6.45, 7) is 5.83. The Hall–Kier alpha value is -1.92. The zero-order valence-electron chi connectivity index (χ0n) is 17.5. The summed E-state index contributed by atoms with van der Waals surface area (Å²) >= 11 is 3.43. The molecule has 30 heavy (non-hydrogen) atoms. The molecule has 0 saturated carbocycles. The minimum absolute atomic E-state index is 0.109. The number of rotatable bonds is 6. The van der Waals surface area contributed by atoms with E-state index in [0.717, 1.165) is 35.0 Å². The first kappa shape index (κ1) is 21.3. The molecule has 2 saturated heterocycles. The Balaban J connectivity index is 1.33. The number of aromatic nitrogens is 1. The van der Waals surface area contributed by atoms with Crippen molar-refractivity contribution in [3.63, 3.8) is 0 Å². The molecule has 2 aromatic rings. The number of carbonyl (C=O) groups is 1. The van der Waals surface area contributed by atoms with Gasteiger partial charge in [-0.15, -0.1) is 0 Å². The minimum Gasteiger partial charge on any atom is -0.355 e. The Bertz CT molecular complexity index is 845.